The van der Waals surface area contributed by atoms with Crippen molar-refractivity contribution in [3.05, 3.63) is 28.2 Å². The molecule has 20 heavy (non-hydrogen) atoms. The summed E-state index contributed by atoms with van der Waals surface area (Å²) in [5.41, 5.74) is 0. The van der Waals surface area contributed by atoms with Crippen molar-refractivity contribution in [3.63, 3.8) is 0 Å². The Balaban J connectivity index is 1.98. The van der Waals surface area contributed by atoms with E-state index in [9.17, 15) is 0 Å². The lowest BCUT2D eigenvalue weighted by molar-refractivity contribution is 0.304. The van der Waals surface area contributed by atoms with E-state index in [-0.39, 0.29) is 0 Å². The van der Waals surface area contributed by atoms with Crippen LogP contribution in [-0.4, -0.2) is 19.7 Å². The van der Waals surface area contributed by atoms with Crippen LogP contribution >= 0.6 is 23.2 Å². The lowest BCUT2D eigenvalue weighted by Gasteiger charge is -2.08. The van der Waals surface area contributed by atoms with Gasteiger partial charge in [-0.1, -0.05) is 55.5 Å². The minimum atomic E-state index is 0.509. The number of halogens is 2. The molecule has 0 radical (unpaired) electrons. The molecular weight excluding hydrogens is 293 g/mol. The SMILES string of the molecule is CCCCNCCCCCCOc1cccc(Cl)c1Cl. The number of hydrogen-bond acceptors (Lipinski definition) is 2. The first-order valence-electron chi connectivity index (χ1n) is 7.53. The third-order valence-electron chi connectivity index (χ3n) is 3.13. The normalized spacial score (nSPS) is 10.8. The van der Waals surface area contributed by atoms with Gasteiger partial charge in [0.05, 0.1) is 11.6 Å². The van der Waals surface area contributed by atoms with E-state index >= 15 is 0 Å². The Bertz CT molecular complexity index is 371. The predicted octanol–water partition coefficient (Wildman–Crippen LogP) is 5.32. The van der Waals surface area contributed by atoms with E-state index < -0.39 is 0 Å². The first kappa shape index (κ1) is 17.6. The summed E-state index contributed by atoms with van der Waals surface area (Å²) in [6, 6.07) is 5.47. The molecule has 0 spiro atoms. The zero-order valence-corrected chi connectivity index (χ0v) is 13.8. The van der Waals surface area contributed by atoms with Crippen LogP contribution in [0.1, 0.15) is 45.4 Å². The van der Waals surface area contributed by atoms with Crippen LogP contribution in [0.15, 0.2) is 18.2 Å². The molecule has 0 unspecified atom stereocenters. The second-order valence-corrected chi connectivity index (χ2v) is 5.70. The second-order valence-electron chi connectivity index (χ2n) is 4.92. The van der Waals surface area contributed by atoms with Crippen LogP contribution in [0, 0.1) is 0 Å². The molecule has 0 fully saturated rings. The smallest absolute Gasteiger partial charge is 0.139 e. The molecule has 4 heteroatoms. The molecule has 0 bridgehead atoms. The molecule has 0 aromatic heterocycles. The molecule has 0 aliphatic rings. The van der Waals surface area contributed by atoms with E-state index in [0.29, 0.717) is 22.4 Å². The lowest BCUT2D eigenvalue weighted by atomic mass is 10.2. The van der Waals surface area contributed by atoms with Crippen molar-refractivity contribution in [2.75, 3.05) is 19.7 Å². The predicted molar refractivity (Wildman–Crippen MR) is 88.2 cm³/mol. The first-order chi connectivity index (χ1) is 9.75. The van der Waals surface area contributed by atoms with Crippen LogP contribution in [0.25, 0.3) is 0 Å². The topological polar surface area (TPSA) is 21.3 Å². The molecule has 0 saturated heterocycles. The van der Waals surface area contributed by atoms with Crippen LogP contribution in [0.2, 0.25) is 10.0 Å². The van der Waals surface area contributed by atoms with E-state index in [1.807, 2.05) is 12.1 Å². The van der Waals surface area contributed by atoms with Gasteiger partial charge in [0.2, 0.25) is 0 Å². The van der Waals surface area contributed by atoms with Gasteiger partial charge in [-0.05, 0) is 44.5 Å². The van der Waals surface area contributed by atoms with Gasteiger partial charge in [0.1, 0.15) is 10.8 Å². The summed E-state index contributed by atoms with van der Waals surface area (Å²) in [4.78, 5) is 0. The monoisotopic (exact) mass is 317 g/mol. The number of ether oxygens (including phenoxy) is 1. The Hall–Kier alpha value is -0.440. The van der Waals surface area contributed by atoms with Crippen molar-refractivity contribution in [2.45, 2.75) is 45.4 Å². The van der Waals surface area contributed by atoms with Gasteiger partial charge in [0.25, 0.3) is 0 Å². The largest absolute Gasteiger partial charge is 0.492 e. The summed E-state index contributed by atoms with van der Waals surface area (Å²) in [6.07, 6.45) is 7.25. The average Bonchev–Trinajstić information content (AvgIpc) is 2.45. The molecule has 0 heterocycles. The van der Waals surface area contributed by atoms with Crippen molar-refractivity contribution in [3.8, 4) is 5.75 Å². The Labute approximate surface area is 132 Å². The highest BCUT2D eigenvalue weighted by atomic mass is 35.5. The van der Waals surface area contributed by atoms with E-state index in [0.717, 1.165) is 19.5 Å². The number of hydrogen-bond donors (Lipinski definition) is 1. The van der Waals surface area contributed by atoms with Crippen molar-refractivity contribution in [1.82, 2.24) is 5.32 Å². The molecular formula is C16H25Cl2NO. The molecule has 0 atom stereocenters. The Morgan fingerprint density at radius 2 is 1.75 bits per heavy atom. The van der Waals surface area contributed by atoms with Crippen LogP contribution < -0.4 is 10.1 Å². The summed E-state index contributed by atoms with van der Waals surface area (Å²) < 4.78 is 5.65. The fourth-order valence-electron chi connectivity index (χ4n) is 1.91. The van der Waals surface area contributed by atoms with Gasteiger partial charge in [-0.25, -0.2) is 0 Å². The van der Waals surface area contributed by atoms with Gasteiger partial charge >= 0.3 is 0 Å². The summed E-state index contributed by atoms with van der Waals surface area (Å²) in [5.74, 6) is 0.681. The van der Waals surface area contributed by atoms with Crippen LogP contribution in [0.5, 0.6) is 5.75 Å². The number of benzene rings is 1. The minimum absolute atomic E-state index is 0.509. The molecule has 1 rings (SSSR count). The highest BCUT2D eigenvalue weighted by molar-refractivity contribution is 6.42. The lowest BCUT2D eigenvalue weighted by Crippen LogP contribution is -2.16. The summed E-state index contributed by atoms with van der Waals surface area (Å²) in [5, 5.41) is 4.51. The second kappa shape index (κ2) is 11.2. The van der Waals surface area contributed by atoms with Gasteiger partial charge in [-0.2, -0.15) is 0 Å². The third kappa shape index (κ3) is 7.37. The number of unbranched alkanes of at least 4 members (excludes halogenated alkanes) is 4. The molecule has 1 aromatic rings. The number of nitrogens with one attached hydrogen (secondary N) is 1. The quantitative estimate of drug-likeness (QED) is 0.557. The van der Waals surface area contributed by atoms with Crippen molar-refractivity contribution in [1.29, 1.82) is 0 Å². The number of rotatable bonds is 11. The van der Waals surface area contributed by atoms with Gasteiger partial charge in [-0.3, -0.25) is 0 Å². The highest BCUT2D eigenvalue weighted by Gasteiger charge is 2.04. The van der Waals surface area contributed by atoms with E-state index in [4.69, 9.17) is 27.9 Å². The van der Waals surface area contributed by atoms with Crippen LogP contribution in [0.3, 0.4) is 0 Å². The Kier molecular flexibility index (Phi) is 9.90. The molecule has 1 aromatic carbocycles. The standard InChI is InChI=1S/C16H25Cl2NO/c1-2-3-11-19-12-6-4-5-7-13-20-15-10-8-9-14(17)16(15)18/h8-10,19H,2-7,11-13H2,1H3. The van der Waals surface area contributed by atoms with E-state index in [1.54, 1.807) is 6.07 Å². The zero-order valence-electron chi connectivity index (χ0n) is 12.3. The Morgan fingerprint density at radius 1 is 1.00 bits per heavy atom. The van der Waals surface area contributed by atoms with Crippen molar-refractivity contribution < 1.29 is 4.74 Å². The van der Waals surface area contributed by atoms with Gasteiger partial charge in [-0.15, -0.1) is 0 Å². The molecule has 2 nitrogen and oxygen atoms in total. The van der Waals surface area contributed by atoms with Gasteiger partial charge in [0.15, 0.2) is 0 Å². The summed E-state index contributed by atoms with van der Waals surface area (Å²) in [6.45, 7) is 5.19. The molecule has 0 saturated carbocycles. The summed E-state index contributed by atoms with van der Waals surface area (Å²) >= 11 is 12.0. The minimum Gasteiger partial charge on any atom is -0.492 e. The Morgan fingerprint density at radius 3 is 2.55 bits per heavy atom. The third-order valence-corrected chi connectivity index (χ3v) is 3.93. The maximum Gasteiger partial charge on any atom is 0.139 e. The van der Waals surface area contributed by atoms with Crippen molar-refractivity contribution in [2.24, 2.45) is 0 Å². The van der Waals surface area contributed by atoms with Crippen molar-refractivity contribution >= 4 is 23.2 Å². The molecule has 0 amide bonds. The maximum absolute atomic E-state index is 6.05. The van der Waals surface area contributed by atoms with Crippen LogP contribution in [-0.2, 0) is 0 Å². The average molecular weight is 318 g/mol. The maximum atomic E-state index is 6.05. The molecule has 0 aliphatic heterocycles. The summed E-state index contributed by atoms with van der Waals surface area (Å²) in [7, 11) is 0. The van der Waals surface area contributed by atoms with E-state index in [2.05, 4.69) is 12.2 Å². The first-order valence-corrected chi connectivity index (χ1v) is 8.28. The fraction of sp³-hybridized carbons (Fsp3) is 0.625. The highest BCUT2D eigenvalue weighted by Crippen LogP contribution is 2.31. The van der Waals surface area contributed by atoms with Crippen LogP contribution in [0.4, 0.5) is 0 Å². The van der Waals surface area contributed by atoms with Gasteiger partial charge < -0.3 is 10.1 Å². The molecule has 1 N–H and O–H groups in total. The zero-order chi connectivity index (χ0) is 14.6. The molecule has 114 valence electrons. The molecule has 0 aliphatic carbocycles. The van der Waals surface area contributed by atoms with E-state index in [1.165, 1.54) is 32.1 Å². The fourth-order valence-corrected chi connectivity index (χ4v) is 2.26. The van der Waals surface area contributed by atoms with Gasteiger partial charge in [0, 0.05) is 0 Å².